The van der Waals surface area contributed by atoms with Gasteiger partial charge < -0.3 is 5.11 Å². The Bertz CT molecular complexity index is 635. The molecule has 4 rings (SSSR count). The fourth-order valence-corrected chi connectivity index (χ4v) is 3.58. The van der Waals surface area contributed by atoms with E-state index in [2.05, 4.69) is 35.6 Å². The molecule has 2 aliphatic rings. The van der Waals surface area contributed by atoms with Crippen molar-refractivity contribution in [3.05, 3.63) is 64.7 Å². The van der Waals surface area contributed by atoms with Gasteiger partial charge in [0.15, 0.2) is 0 Å². The Morgan fingerprint density at radius 1 is 1.00 bits per heavy atom. The largest absolute Gasteiger partial charge is 0.508 e. The Morgan fingerprint density at radius 3 is 2.78 bits per heavy atom. The Hall–Kier alpha value is -1.80. The van der Waals surface area contributed by atoms with E-state index in [0.29, 0.717) is 5.75 Å². The molecule has 0 fully saturated rings. The molecule has 1 aliphatic heterocycles. The molecule has 1 unspecified atom stereocenters. The van der Waals surface area contributed by atoms with Crippen LogP contribution >= 0.6 is 0 Å². The summed E-state index contributed by atoms with van der Waals surface area (Å²) < 4.78 is 0. The molecule has 0 aromatic heterocycles. The third-order valence-electron chi connectivity index (χ3n) is 4.42. The maximum atomic E-state index is 10.00. The van der Waals surface area contributed by atoms with Crippen LogP contribution in [0.15, 0.2) is 42.5 Å². The van der Waals surface area contributed by atoms with E-state index in [4.69, 9.17) is 0 Å². The summed E-state index contributed by atoms with van der Waals surface area (Å²) in [6, 6.07) is 14.5. The van der Waals surface area contributed by atoms with E-state index in [0.717, 1.165) is 24.9 Å². The molecule has 0 radical (unpaired) electrons. The van der Waals surface area contributed by atoms with E-state index in [1.165, 1.54) is 16.7 Å². The number of rotatable bonds is 0. The molecular formula is C16H15NO. The summed E-state index contributed by atoms with van der Waals surface area (Å²) in [4.78, 5) is 0. The molecular weight excluding hydrogens is 222 g/mol. The molecule has 2 heteroatoms. The smallest absolute Gasteiger partial charge is 0.119 e. The third-order valence-corrected chi connectivity index (χ3v) is 4.42. The molecule has 18 heavy (non-hydrogen) atoms. The molecule has 2 aromatic rings. The molecule has 1 spiro atoms. The lowest BCUT2D eigenvalue weighted by Gasteiger charge is -2.27. The lowest BCUT2D eigenvalue weighted by atomic mass is 9.85. The van der Waals surface area contributed by atoms with E-state index in [9.17, 15) is 5.11 Å². The maximum Gasteiger partial charge on any atom is 0.119 e. The second-order valence-corrected chi connectivity index (χ2v) is 5.22. The van der Waals surface area contributed by atoms with Gasteiger partial charge >= 0.3 is 0 Å². The zero-order valence-corrected chi connectivity index (χ0v) is 10.1. The van der Waals surface area contributed by atoms with Crippen molar-refractivity contribution in [1.82, 2.24) is 5.32 Å². The van der Waals surface area contributed by atoms with Crippen molar-refractivity contribution in [1.29, 1.82) is 0 Å². The number of benzene rings is 2. The normalized spacial score (nSPS) is 24.2. The first-order chi connectivity index (χ1) is 8.81. The fourth-order valence-electron chi connectivity index (χ4n) is 3.58. The molecule has 1 atom stereocenters. The van der Waals surface area contributed by atoms with Crippen LogP contribution in [0.25, 0.3) is 0 Å². The first-order valence-corrected chi connectivity index (χ1v) is 6.46. The summed E-state index contributed by atoms with van der Waals surface area (Å²) in [7, 11) is 0. The van der Waals surface area contributed by atoms with Crippen LogP contribution in [-0.2, 0) is 18.5 Å². The van der Waals surface area contributed by atoms with E-state index < -0.39 is 0 Å². The molecule has 0 amide bonds. The molecule has 2 N–H and O–H groups in total. The van der Waals surface area contributed by atoms with Gasteiger partial charge in [-0.05, 0) is 41.2 Å². The van der Waals surface area contributed by atoms with Crippen molar-refractivity contribution in [2.24, 2.45) is 0 Å². The predicted molar refractivity (Wildman–Crippen MR) is 70.5 cm³/mol. The second kappa shape index (κ2) is 3.36. The Labute approximate surface area is 106 Å². The SMILES string of the molecule is Oc1cccc2c1CCC21NCc2ccccc21. The van der Waals surface area contributed by atoms with Crippen molar-refractivity contribution in [3.63, 3.8) is 0 Å². The molecule has 90 valence electrons. The molecule has 2 aromatic carbocycles. The second-order valence-electron chi connectivity index (χ2n) is 5.22. The van der Waals surface area contributed by atoms with Crippen molar-refractivity contribution in [3.8, 4) is 5.75 Å². The number of phenolic OH excluding ortho intramolecular Hbond substituents is 1. The van der Waals surface area contributed by atoms with Gasteiger partial charge in [0.25, 0.3) is 0 Å². The van der Waals surface area contributed by atoms with Crippen LogP contribution < -0.4 is 5.32 Å². The van der Waals surface area contributed by atoms with Gasteiger partial charge in [0, 0.05) is 6.54 Å². The number of hydrogen-bond acceptors (Lipinski definition) is 2. The number of aromatic hydroxyl groups is 1. The van der Waals surface area contributed by atoms with E-state index >= 15 is 0 Å². The van der Waals surface area contributed by atoms with Crippen LogP contribution in [0.1, 0.15) is 28.7 Å². The fraction of sp³-hybridized carbons (Fsp3) is 0.250. The zero-order valence-electron chi connectivity index (χ0n) is 10.1. The highest BCUT2D eigenvalue weighted by Crippen LogP contribution is 2.48. The van der Waals surface area contributed by atoms with Crippen molar-refractivity contribution in [2.45, 2.75) is 24.9 Å². The zero-order chi connectivity index (χ0) is 12.2. The van der Waals surface area contributed by atoms with Crippen molar-refractivity contribution < 1.29 is 5.11 Å². The van der Waals surface area contributed by atoms with Gasteiger partial charge in [0.1, 0.15) is 5.75 Å². The minimum absolute atomic E-state index is 0.0648. The Kier molecular flexibility index (Phi) is 1.90. The highest BCUT2D eigenvalue weighted by atomic mass is 16.3. The third kappa shape index (κ3) is 1.11. The van der Waals surface area contributed by atoms with E-state index in [1.54, 1.807) is 6.07 Å². The van der Waals surface area contributed by atoms with Gasteiger partial charge in [-0.25, -0.2) is 0 Å². The summed E-state index contributed by atoms with van der Waals surface area (Å²) in [5.74, 6) is 0.440. The monoisotopic (exact) mass is 237 g/mol. The van der Waals surface area contributed by atoms with Gasteiger partial charge in [-0.3, -0.25) is 5.32 Å². The standard InChI is InChI=1S/C16H15NO/c18-15-7-3-6-14-12(15)8-9-16(14)13-5-2-1-4-11(13)10-17-16/h1-7,17-18H,8-10H2. The van der Waals surface area contributed by atoms with E-state index in [-0.39, 0.29) is 5.54 Å². The summed E-state index contributed by atoms with van der Waals surface area (Å²) in [6.45, 7) is 0.922. The number of hydrogen-bond donors (Lipinski definition) is 2. The minimum Gasteiger partial charge on any atom is -0.508 e. The van der Waals surface area contributed by atoms with Crippen LogP contribution in [0.4, 0.5) is 0 Å². The van der Waals surface area contributed by atoms with Gasteiger partial charge in [0.05, 0.1) is 5.54 Å². The summed E-state index contributed by atoms with van der Waals surface area (Å²) in [5, 5.41) is 13.7. The average Bonchev–Trinajstić information content (AvgIpc) is 2.96. The number of nitrogens with one attached hydrogen (secondary N) is 1. The first kappa shape index (κ1) is 10.2. The number of phenols is 1. The quantitative estimate of drug-likeness (QED) is 0.738. The van der Waals surface area contributed by atoms with Crippen LogP contribution in [0.3, 0.4) is 0 Å². The summed E-state index contributed by atoms with van der Waals surface area (Å²) >= 11 is 0. The molecule has 1 aliphatic carbocycles. The minimum atomic E-state index is -0.0648. The molecule has 2 nitrogen and oxygen atoms in total. The summed E-state index contributed by atoms with van der Waals surface area (Å²) in [6.07, 6.45) is 1.99. The lowest BCUT2D eigenvalue weighted by Crippen LogP contribution is -2.35. The lowest BCUT2D eigenvalue weighted by molar-refractivity contribution is 0.434. The summed E-state index contributed by atoms with van der Waals surface area (Å²) in [5.41, 5.74) is 5.07. The van der Waals surface area contributed by atoms with Crippen molar-refractivity contribution in [2.75, 3.05) is 0 Å². The van der Waals surface area contributed by atoms with Gasteiger partial charge in [-0.15, -0.1) is 0 Å². The molecule has 1 heterocycles. The number of fused-ring (bicyclic) bond motifs is 4. The van der Waals surface area contributed by atoms with Gasteiger partial charge in [-0.2, -0.15) is 0 Å². The highest BCUT2D eigenvalue weighted by Gasteiger charge is 2.44. The van der Waals surface area contributed by atoms with Gasteiger partial charge in [0.2, 0.25) is 0 Å². The van der Waals surface area contributed by atoms with Crippen LogP contribution in [0, 0.1) is 0 Å². The predicted octanol–water partition coefficient (Wildman–Crippen LogP) is 2.69. The van der Waals surface area contributed by atoms with Crippen molar-refractivity contribution >= 4 is 0 Å². The van der Waals surface area contributed by atoms with Crippen LogP contribution in [0.5, 0.6) is 5.75 Å². The van der Waals surface area contributed by atoms with Crippen LogP contribution in [-0.4, -0.2) is 5.11 Å². The van der Waals surface area contributed by atoms with Gasteiger partial charge in [-0.1, -0.05) is 36.4 Å². The first-order valence-electron chi connectivity index (χ1n) is 6.46. The highest BCUT2D eigenvalue weighted by molar-refractivity contribution is 5.55. The molecule has 0 bridgehead atoms. The maximum absolute atomic E-state index is 10.00. The van der Waals surface area contributed by atoms with E-state index in [1.807, 2.05) is 6.07 Å². The molecule has 0 saturated carbocycles. The Balaban J connectivity index is 1.98. The topological polar surface area (TPSA) is 32.3 Å². The Morgan fingerprint density at radius 2 is 1.83 bits per heavy atom. The molecule has 0 saturated heterocycles. The van der Waals surface area contributed by atoms with Crippen LogP contribution in [0.2, 0.25) is 0 Å². The average molecular weight is 237 g/mol.